The molecule has 2 N–H and O–H groups in total. The van der Waals surface area contributed by atoms with Crippen LogP contribution in [0.4, 0.5) is 4.79 Å². The van der Waals surface area contributed by atoms with E-state index in [1.54, 1.807) is 7.11 Å². The minimum atomic E-state index is -0.206. The number of benzene rings is 1. The molecular weight excluding hydrogens is 256 g/mol. The van der Waals surface area contributed by atoms with Crippen LogP contribution in [-0.4, -0.2) is 39.4 Å². The molecule has 0 heterocycles. The van der Waals surface area contributed by atoms with Gasteiger partial charge in [-0.15, -0.1) is 0 Å². The largest absolute Gasteiger partial charge is 0.491 e. The molecule has 1 aromatic rings. The number of amides is 2. The van der Waals surface area contributed by atoms with Crippen LogP contribution in [0.5, 0.6) is 5.75 Å². The van der Waals surface area contributed by atoms with Gasteiger partial charge in [-0.05, 0) is 17.5 Å². The van der Waals surface area contributed by atoms with Crippen LogP contribution in [0.15, 0.2) is 24.3 Å². The van der Waals surface area contributed by atoms with Gasteiger partial charge in [0.2, 0.25) is 0 Å². The van der Waals surface area contributed by atoms with E-state index < -0.39 is 0 Å². The van der Waals surface area contributed by atoms with Crippen molar-refractivity contribution in [1.82, 2.24) is 10.6 Å². The Labute approximate surface area is 120 Å². The Morgan fingerprint density at radius 1 is 1.15 bits per heavy atom. The molecule has 5 heteroatoms. The highest BCUT2D eigenvalue weighted by atomic mass is 16.5. The van der Waals surface area contributed by atoms with Crippen LogP contribution >= 0.6 is 0 Å². The van der Waals surface area contributed by atoms with Gasteiger partial charge in [-0.25, -0.2) is 4.79 Å². The van der Waals surface area contributed by atoms with E-state index in [0.29, 0.717) is 32.2 Å². The van der Waals surface area contributed by atoms with Crippen molar-refractivity contribution in [2.24, 2.45) is 0 Å². The van der Waals surface area contributed by atoms with E-state index in [9.17, 15) is 4.79 Å². The molecule has 0 spiro atoms. The lowest BCUT2D eigenvalue weighted by molar-refractivity contribution is 0.195. The van der Waals surface area contributed by atoms with Gasteiger partial charge in [-0.1, -0.05) is 32.0 Å². The highest BCUT2D eigenvalue weighted by molar-refractivity contribution is 5.73. The Morgan fingerprint density at radius 2 is 1.80 bits per heavy atom. The summed E-state index contributed by atoms with van der Waals surface area (Å²) < 4.78 is 10.6. The molecule has 0 saturated carbocycles. The van der Waals surface area contributed by atoms with Gasteiger partial charge < -0.3 is 20.1 Å². The molecule has 0 atom stereocenters. The summed E-state index contributed by atoms with van der Waals surface area (Å²) in [6.07, 6.45) is 0. The van der Waals surface area contributed by atoms with E-state index in [-0.39, 0.29) is 6.03 Å². The lowest BCUT2D eigenvalue weighted by atomic mass is 10.0. The molecule has 0 aliphatic heterocycles. The standard InChI is InChI=1S/C15H24N2O3/c1-12(2)13-6-4-5-7-14(13)20-11-9-17-15(18)16-8-10-19-3/h4-7,12H,8-11H2,1-3H3,(H2,16,17,18). The summed E-state index contributed by atoms with van der Waals surface area (Å²) in [6, 6.07) is 7.76. The first-order chi connectivity index (χ1) is 9.65. The highest BCUT2D eigenvalue weighted by Crippen LogP contribution is 2.25. The van der Waals surface area contributed by atoms with E-state index in [1.807, 2.05) is 18.2 Å². The number of methoxy groups -OCH3 is 1. The van der Waals surface area contributed by atoms with E-state index in [0.717, 1.165) is 5.75 Å². The average molecular weight is 280 g/mol. The van der Waals surface area contributed by atoms with Gasteiger partial charge in [0, 0.05) is 13.7 Å². The lowest BCUT2D eigenvalue weighted by Crippen LogP contribution is -2.39. The molecule has 20 heavy (non-hydrogen) atoms. The number of rotatable bonds is 8. The number of hydrogen-bond donors (Lipinski definition) is 2. The Hall–Kier alpha value is -1.75. The van der Waals surface area contributed by atoms with Crippen LogP contribution in [-0.2, 0) is 4.74 Å². The van der Waals surface area contributed by atoms with Crippen LogP contribution < -0.4 is 15.4 Å². The van der Waals surface area contributed by atoms with Gasteiger partial charge in [0.05, 0.1) is 13.2 Å². The number of hydrogen-bond acceptors (Lipinski definition) is 3. The number of carbonyl (C=O) groups excluding carboxylic acids is 1. The molecule has 0 saturated heterocycles. The molecule has 0 aromatic heterocycles. The van der Waals surface area contributed by atoms with Crippen molar-refractivity contribution in [2.45, 2.75) is 19.8 Å². The van der Waals surface area contributed by atoms with Gasteiger partial charge in [0.15, 0.2) is 0 Å². The SMILES string of the molecule is COCCNC(=O)NCCOc1ccccc1C(C)C. The molecule has 0 aliphatic rings. The lowest BCUT2D eigenvalue weighted by Gasteiger charge is -2.14. The molecule has 1 aromatic carbocycles. The Balaban J connectivity index is 2.26. The van der Waals surface area contributed by atoms with Crippen molar-refractivity contribution < 1.29 is 14.3 Å². The third-order valence-corrected chi connectivity index (χ3v) is 2.78. The summed E-state index contributed by atoms with van der Waals surface area (Å²) in [4.78, 5) is 11.4. The maximum absolute atomic E-state index is 11.4. The van der Waals surface area contributed by atoms with E-state index in [1.165, 1.54) is 5.56 Å². The van der Waals surface area contributed by atoms with Crippen molar-refractivity contribution in [3.05, 3.63) is 29.8 Å². The van der Waals surface area contributed by atoms with Gasteiger partial charge in [0.25, 0.3) is 0 Å². The molecule has 112 valence electrons. The van der Waals surface area contributed by atoms with Crippen molar-refractivity contribution in [3.63, 3.8) is 0 Å². The van der Waals surface area contributed by atoms with E-state index in [2.05, 4.69) is 30.5 Å². The van der Waals surface area contributed by atoms with Gasteiger partial charge in [-0.2, -0.15) is 0 Å². The van der Waals surface area contributed by atoms with Gasteiger partial charge in [-0.3, -0.25) is 0 Å². The zero-order chi connectivity index (χ0) is 14.8. The number of carbonyl (C=O) groups is 1. The van der Waals surface area contributed by atoms with Crippen molar-refractivity contribution in [1.29, 1.82) is 0 Å². The first-order valence-corrected chi connectivity index (χ1v) is 6.87. The molecule has 0 bridgehead atoms. The molecule has 1 rings (SSSR count). The van der Waals surface area contributed by atoms with Crippen LogP contribution in [0.2, 0.25) is 0 Å². The predicted molar refractivity (Wildman–Crippen MR) is 79.3 cm³/mol. The zero-order valence-electron chi connectivity index (χ0n) is 12.4. The van der Waals surface area contributed by atoms with Crippen LogP contribution in [0.3, 0.4) is 0 Å². The zero-order valence-corrected chi connectivity index (χ0v) is 12.4. The van der Waals surface area contributed by atoms with E-state index >= 15 is 0 Å². The first-order valence-electron chi connectivity index (χ1n) is 6.87. The second-order valence-corrected chi connectivity index (χ2v) is 4.72. The molecule has 0 aliphatic carbocycles. The summed E-state index contributed by atoms with van der Waals surface area (Å²) in [6.45, 7) is 6.17. The third kappa shape index (κ3) is 5.93. The van der Waals surface area contributed by atoms with Crippen LogP contribution in [0.25, 0.3) is 0 Å². The molecular formula is C15H24N2O3. The second-order valence-electron chi connectivity index (χ2n) is 4.72. The fourth-order valence-corrected chi connectivity index (χ4v) is 1.74. The monoisotopic (exact) mass is 280 g/mol. The minimum absolute atomic E-state index is 0.206. The number of urea groups is 1. The topological polar surface area (TPSA) is 59.6 Å². The molecule has 0 radical (unpaired) electrons. The average Bonchev–Trinajstić information content (AvgIpc) is 2.44. The quantitative estimate of drug-likeness (QED) is 0.717. The summed E-state index contributed by atoms with van der Waals surface area (Å²) in [5.74, 6) is 1.29. The molecule has 0 fully saturated rings. The minimum Gasteiger partial charge on any atom is -0.491 e. The maximum Gasteiger partial charge on any atom is 0.314 e. The fourth-order valence-electron chi connectivity index (χ4n) is 1.74. The Bertz CT molecular complexity index is 408. The number of ether oxygens (including phenoxy) is 2. The second kappa shape index (κ2) is 9.20. The van der Waals surface area contributed by atoms with Crippen molar-refractivity contribution in [2.75, 3.05) is 33.4 Å². The molecule has 2 amide bonds. The first kappa shape index (κ1) is 16.3. The van der Waals surface area contributed by atoms with Crippen LogP contribution in [0, 0.1) is 0 Å². The van der Waals surface area contributed by atoms with Crippen molar-refractivity contribution >= 4 is 6.03 Å². The van der Waals surface area contributed by atoms with Gasteiger partial charge in [0.1, 0.15) is 12.4 Å². The summed E-state index contributed by atoms with van der Waals surface area (Å²) in [7, 11) is 1.60. The predicted octanol–water partition coefficient (Wildman–Crippen LogP) is 2.13. The maximum atomic E-state index is 11.4. The fraction of sp³-hybridized carbons (Fsp3) is 0.533. The summed E-state index contributed by atoms with van der Waals surface area (Å²) in [5, 5.41) is 5.41. The normalized spacial score (nSPS) is 10.4. The number of para-hydroxylation sites is 1. The summed E-state index contributed by atoms with van der Waals surface area (Å²) in [5.41, 5.74) is 1.18. The molecule has 0 unspecified atom stereocenters. The highest BCUT2D eigenvalue weighted by Gasteiger charge is 2.06. The summed E-state index contributed by atoms with van der Waals surface area (Å²) >= 11 is 0. The van der Waals surface area contributed by atoms with Crippen molar-refractivity contribution in [3.8, 4) is 5.75 Å². The van der Waals surface area contributed by atoms with Gasteiger partial charge >= 0.3 is 6.03 Å². The Kier molecular flexibility index (Phi) is 7.50. The third-order valence-electron chi connectivity index (χ3n) is 2.78. The van der Waals surface area contributed by atoms with Crippen LogP contribution in [0.1, 0.15) is 25.3 Å². The Morgan fingerprint density at radius 3 is 2.45 bits per heavy atom. The number of nitrogens with one attached hydrogen (secondary N) is 2. The smallest absolute Gasteiger partial charge is 0.314 e. The molecule has 5 nitrogen and oxygen atoms in total. The van der Waals surface area contributed by atoms with E-state index in [4.69, 9.17) is 9.47 Å².